The van der Waals surface area contributed by atoms with E-state index in [1.54, 1.807) is 11.1 Å². The van der Waals surface area contributed by atoms with E-state index < -0.39 is 0 Å². The molecule has 0 unspecified atom stereocenters. The third kappa shape index (κ3) is 1.87. The van der Waals surface area contributed by atoms with E-state index in [4.69, 9.17) is 4.99 Å². The van der Waals surface area contributed by atoms with Crippen LogP contribution in [0.5, 0.6) is 0 Å². The third-order valence-corrected chi connectivity index (χ3v) is 0.942. The molecule has 3 heteroatoms. The summed E-state index contributed by atoms with van der Waals surface area (Å²) in [6.07, 6.45) is 5.13. The van der Waals surface area contributed by atoms with Crippen molar-refractivity contribution in [3.63, 3.8) is 0 Å². The smallest absolute Gasteiger partial charge is 0.129 e. The molecule has 1 aliphatic heterocycles. The fraction of sp³-hybridized carbons (Fsp3) is 0.333. The second kappa shape index (κ2) is 3.27. The summed E-state index contributed by atoms with van der Waals surface area (Å²) in [4.78, 5) is 9.23. The highest BCUT2D eigenvalue weighted by atomic mass is 17.3. The molecule has 0 amide bonds. The van der Waals surface area contributed by atoms with Gasteiger partial charge < -0.3 is 4.89 Å². The van der Waals surface area contributed by atoms with E-state index in [1.165, 1.54) is 6.26 Å². The van der Waals surface area contributed by atoms with Crippen LogP contribution in [0.2, 0.25) is 0 Å². The summed E-state index contributed by atoms with van der Waals surface area (Å²) in [5, 5.41) is 1.65. The van der Waals surface area contributed by atoms with Crippen molar-refractivity contribution >= 4 is 0 Å². The number of hydrogen-bond acceptors (Lipinski definition) is 3. The van der Waals surface area contributed by atoms with Crippen molar-refractivity contribution in [1.82, 2.24) is 5.06 Å². The van der Waals surface area contributed by atoms with Gasteiger partial charge in [-0.15, -0.1) is 11.6 Å². The maximum atomic E-state index is 4.69. The van der Waals surface area contributed by atoms with E-state index in [0.717, 1.165) is 6.54 Å². The predicted octanol–water partition coefficient (Wildman–Crippen LogP) is 0.865. The van der Waals surface area contributed by atoms with Crippen LogP contribution in [-0.4, -0.2) is 18.2 Å². The van der Waals surface area contributed by atoms with Crippen LogP contribution in [0.15, 0.2) is 25.0 Å². The van der Waals surface area contributed by atoms with Crippen LogP contribution >= 0.6 is 0 Å². The lowest BCUT2D eigenvalue weighted by Gasteiger charge is -2.17. The highest BCUT2D eigenvalue weighted by Gasteiger charge is 2.03. The molecule has 0 spiro atoms. The normalized spacial score (nSPS) is 19.1. The molecule has 0 bridgehead atoms. The highest BCUT2D eigenvalue weighted by Crippen LogP contribution is 1.98. The fourth-order valence-corrected chi connectivity index (χ4v) is 0.565. The van der Waals surface area contributed by atoms with Crippen molar-refractivity contribution < 1.29 is 9.88 Å². The predicted molar refractivity (Wildman–Crippen MR) is 33.1 cm³/mol. The molecule has 0 aromatic rings. The highest BCUT2D eigenvalue weighted by molar-refractivity contribution is 4.80. The Balaban J connectivity index is 2.26. The zero-order valence-corrected chi connectivity index (χ0v) is 5.12. The lowest BCUT2D eigenvalue weighted by molar-refractivity contribution is -0.399. The molecule has 1 rings (SSSR count). The molecule has 1 heterocycles. The maximum absolute atomic E-state index is 4.69. The SMILES string of the molecule is C=CCN1CC=COO1. The Hall–Kier alpha value is -0.800. The molecule has 0 N–H and O–H groups in total. The largest absolute Gasteiger partial charge is 0.327 e. The first-order chi connectivity index (χ1) is 4.43. The van der Waals surface area contributed by atoms with Crippen LogP contribution < -0.4 is 0 Å². The average Bonchev–Trinajstić information content (AvgIpc) is 1.91. The van der Waals surface area contributed by atoms with E-state index in [-0.39, 0.29) is 0 Å². The van der Waals surface area contributed by atoms with Gasteiger partial charge in [0.2, 0.25) is 0 Å². The molecule has 0 aliphatic carbocycles. The van der Waals surface area contributed by atoms with Crippen LogP contribution in [0.1, 0.15) is 0 Å². The number of hydroxylamine groups is 2. The third-order valence-electron chi connectivity index (χ3n) is 0.942. The van der Waals surface area contributed by atoms with E-state index in [2.05, 4.69) is 11.5 Å². The van der Waals surface area contributed by atoms with Gasteiger partial charge in [0.1, 0.15) is 6.26 Å². The number of nitrogens with zero attached hydrogens (tertiary/aromatic N) is 1. The van der Waals surface area contributed by atoms with Gasteiger partial charge in [0.25, 0.3) is 0 Å². The maximum Gasteiger partial charge on any atom is 0.129 e. The lowest BCUT2D eigenvalue weighted by atomic mass is 10.5. The Kier molecular flexibility index (Phi) is 2.30. The fourth-order valence-electron chi connectivity index (χ4n) is 0.565. The molecule has 0 saturated heterocycles. The topological polar surface area (TPSA) is 21.7 Å². The molecular formula is C6H9NO2. The van der Waals surface area contributed by atoms with Crippen molar-refractivity contribution in [1.29, 1.82) is 0 Å². The quantitative estimate of drug-likeness (QED) is 0.405. The monoisotopic (exact) mass is 127 g/mol. The Morgan fingerprint density at radius 2 is 2.67 bits per heavy atom. The van der Waals surface area contributed by atoms with Gasteiger partial charge in [-0.25, -0.2) is 0 Å². The van der Waals surface area contributed by atoms with E-state index >= 15 is 0 Å². The van der Waals surface area contributed by atoms with Crippen molar-refractivity contribution in [2.75, 3.05) is 13.1 Å². The molecule has 9 heavy (non-hydrogen) atoms. The molecule has 0 saturated carbocycles. The van der Waals surface area contributed by atoms with E-state index in [0.29, 0.717) is 6.54 Å². The van der Waals surface area contributed by atoms with Crippen LogP contribution in [0.3, 0.4) is 0 Å². The van der Waals surface area contributed by atoms with Crippen LogP contribution in [0.4, 0.5) is 0 Å². The van der Waals surface area contributed by atoms with Gasteiger partial charge in [-0.2, -0.15) is 0 Å². The van der Waals surface area contributed by atoms with Gasteiger partial charge in [0, 0.05) is 13.1 Å². The summed E-state index contributed by atoms with van der Waals surface area (Å²) >= 11 is 0. The molecule has 0 aromatic heterocycles. The van der Waals surface area contributed by atoms with Crippen molar-refractivity contribution in [3.8, 4) is 0 Å². The summed E-state index contributed by atoms with van der Waals surface area (Å²) in [6, 6.07) is 0. The van der Waals surface area contributed by atoms with Gasteiger partial charge in [-0.1, -0.05) is 11.1 Å². The first-order valence-electron chi connectivity index (χ1n) is 2.78. The van der Waals surface area contributed by atoms with E-state index in [9.17, 15) is 0 Å². The molecule has 0 atom stereocenters. The Morgan fingerprint density at radius 1 is 1.78 bits per heavy atom. The Labute approximate surface area is 54.0 Å². The summed E-state index contributed by atoms with van der Waals surface area (Å²) < 4.78 is 0. The van der Waals surface area contributed by atoms with Gasteiger partial charge >= 0.3 is 0 Å². The molecular weight excluding hydrogens is 118 g/mol. The van der Waals surface area contributed by atoms with Gasteiger partial charge in [-0.05, 0) is 6.08 Å². The summed E-state index contributed by atoms with van der Waals surface area (Å²) in [5.41, 5.74) is 0. The van der Waals surface area contributed by atoms with Crippen LogP contribution in [0.25, 0.3) is 0 Å². The minimum atomic E-state index is 0.685. The summed E-state index contributed by atoms with van der Waals surface area (Å²) in [5.74, 6) is 0. The summed E-state index contributed by atoms with van der Waals surface area (Å²) in [6.45, 7) is 4.99. The first kappa shape index (κ1) is 6.32. The van der Waals surface area contributed by atoms with E-state index in [1.807, 2.05) is 6.08 Å². The molecule has 0 fully saturated rings. The van der Waals surface area contributed by atoms with Crippen molar-refractivity contribution in [2.45, 2.75) is 0 Å². The second-order valence-electron chi connectivity index (χ2n) is 1.68. The average molecular weight is 127 g/mol. The minimum Gasteiger partial charge on any atom is -0.327 e. The number of hydrogen-bond donors (Lipinski definition) is 0. The zero-order valence-electron chi connectivity index (χ0n) is 5.12. The molecule has 0 aromatic carbocycles. The lowest BCUT2D eigenvalue weighted by Crippen LogP contribution is -2.26. The number of rotatable bonds is 2. The molecule has 50 valence electrons. The van der Waals surface area contributed by atoms with Gasteiger partial charge in [0.15, 0.2) is 0 Å². The molecule has 0 radical (unpaired) electrons. The summed E-state index contributed by atoms with van der Waals surface area (Å²) in [7, 11) is 0. The molecule has 3 nitrogen and oxygen atoms in total. The van der Waals surface area contributed by atoms with Crippen LogP contribution in [-0.2, 0) is 9.88 Å². The minimum absolute atomic E-state index is 0.685. The molecule has 1 aliphatic rings. The van der Waals surface area contributed by atoms with Crippen molar-refractivity contribution in [3.05, 3.63) is 25.0 Å². The van der Waals surface area contributed by atoms with Gasteiger partial charge in [-0.3, -0.25) is 0 Å². The van der Waals surface area contributed by atoms with Crippen LogP contribution in [0, 0.1) is 0 Å². The Bertz CT molecular complexity index is 122. The first-order valence-corrected chi connectivity index (χ1v) is 2.78. The van der Waals surface area contributed by atoms with Gasteiger partial charge in [0.05, 0.1) is 0 Å². The van der Waals surface area contributed by atoms with Crippen molar-refractivity contribution in [2.24, 2.45) is 0 Å². The second-order valence-corrected chi connectivity index (χ2v) is 1.68. The standard InChI is InChI=1S/C6H9NO2/c1-2-4-7-5-3-6-8-9-7/h2-3,6H,1,4-5H2. The zero-order chi connectivity index (χ0) is 6.53. The Morgan fingerprint density at radius 3 is 3.22 bits per heavy atom.